The van der Waals surface area contributed by atoms with Crippen LogP contribution in [0.2, 0.25) is 0 Å². The van der Waals surface area contributed by atoms with Crippen molar-refractivity contribution in [3.8, 4) is 5.75 Å². The van der Waals surface area contributed by atoms with E-state index in [4.69, 9.17) is 4.74 Å². The topological polar surface area (TPSA) is 55.6 Å². The van der Waals surface area contributed by atoms with Crippen LogP contribution < -0.4 is 10.1 Å². The number of amides is 1. The Morgan fingerprint density at radius 1 is 1.56 bits per heavy atom. The van der Waals surface area contributed by atoms with Crippen molar-refractivity contribution in [1.82, 2.24) is 14.7 Å². The van der Waals surface area contributed by atoms with Gasteiger partial charge in [-0.05, 0) is 19.1 Å². The third-order valence-electron chi connectivity index (χ3n) is 2.45. The molecule has 0 unspecified atom stereocenters. The molecule has 2 aromatic rings. The standard InChI is InChI=1S/C11H13N3O2/c1-7-9(11(15)12-2)14-6-4-5-8(16-3)10(14)13-7/h4-6H,1-3H3,(H,12,15). The summed E-state index contributed by atoms with van der Waals surface area (Å²) in [4.78, 5) is 16.0. The summed E-state index contributed by atoms with van der Waals surface area (Å²) in [6, 6.07) is 3.63. The lowest BCUT2D eigenvalue weighted by Gasteiger charge is -2.03. The van der Waals surface area contributed by atoms with Crippen LogP contribution in [0.15, 0.2) is 18.3 Å². The van der Waals surface area contributed by atoms with Crippen molar-refractivity contribution < 1.29 is 9.53 Å². The monoisotopic (exact) mass is 219 g/mol. The molecule has 0 aromatic carbocycles. The molecular weight excluding hydrogens is 206 g/mol. The lowest BCUT2D eigenvalue weighted by molar-refractivity contribution is 0.0956. The molecule has 84 valence electrons. The summed E-state index contributed by atoms with van der Waals surface area (Å²) in [5.74, 6) is 0.499. The number of nitrogens with one attached hydrogen (secondary N) is 1. The maximum atomic E-state index is 11.7. The van der Waals surface area contributed by atoms with Crippen molar-refractivity contribution in [2.24, 2.45) is 0 Å². The second-order valence-corrected chi connectivity index (χ2v) is 3.40. The van der Waals surface area contributed by atoms with E-state index in [-0.39, 0.29) is 5.91 Å². The molecule has 0 aliphatic carbocycles. The molecule has 0 spiro atoms. The number of hydrogen-bond donors (Lipinski definition) is 1. The van der Waals surface area contributed by atoms with Gasteiger partial charge in [0.15, 0.2) is 11.4 Å². The largest absolute Gasteiger partial charge is 0.493 e. The fourth-order valence-corrected chi connectivity index (χ4v) is 1.71. The van der Waals surface area contributed by atoms with Gasteiger partial charge in [0, 0.05) is 13.2 Å². The minimum Gasteiger partial charge on any atom is -0.493 e. The first-order chi connectivity index (χ1) is 7.69. The third-order valence-corrected chi connectivity index (χ3v) is 2.45. The van der Waals surface area contributed by atoms with Gasteiger partial charge in [0.1, 0.15) is 5.69 Å². The van der Waals surface area contributed by atoms with Gasteiger partial charge in [-0.15, -0.1) is 0 Å². The zero-order valence-electron chi connectivity index (χ0n) is 9.44. The van der Waals surface area contributed by atoms with Crippen LogP contribution in [0.3, 0.4) is 0 Å². The number of fused-ring (bicyclic) bond motifs is 1. The zero-order chi connectivity index (χ0) is 11.7. The smallest absolute Gasteiger partial charge is 0.269 e. The quantitative estimate of drug-likeness (QED) is 0.820. The number of ether oxygens (including phenoxy) is 1. The van der Waals surface area contributed by atoms with Crippen LogP contribution in [-0.2, 0) is 0 Å². The first-order valence-corrected chi connectivity index (χ1v) is 4.92. The minimum atomic E-state index is -0.154. The second-order valence-electron chi connectivity index (χ2n) is 3.40. The number of carbonyl (C=O) groups is 1. The van der Waals surface area contributed by atoms with E-state index in [0.29, 0.717) is 22.8 Å². The highest BCUT2D eigenvalue weighted by Crippen LogP contribution is 2.21. The number of carbonyl (C=O) groups excluding carboxylic acids is 1. The van der Waals surface area contributed by atoms with E-state index < -0.39 is 0 Å². The molecule has 0 bridgehead atoms. The summed E-state index contributed by atoms with van der Waals surface area (Å²) >= 11 is 0. The molecule has 5 heteroatoms. The van der Waals surface area contributed by atoms with Crippen LogP contribution in [0.5, 0.6) is 5.75 Å². The zero-order valence-corrected chi connectivity index (χ0v) is 9.44. The average molecular weight is 219 g/mol. The molecule has 1 N–H and O–H groups in total. The first kappa shape index (κ1) is 10.5. The summed E-state index contributed by atoms with van der Waals surface area (Å²) < 4.78 is 6.92. The fraction of sp³-hybridized carbons (Fsp3) is 0.273. The Bertz CT molecular complexity index is 545. The van der Waals surface area contributed by atoms with Crippen LogP contribution in [0.1, 0.15) is 16.2 Å². The number of rotatable bonds is 2. The molecule has 0 saturated carbocycles. The number of nitrogens with zero attached hydrogens (tertiary/aromatic N) is 2. The van der Waals surface area contributed by atoms with Gasteiger partial charge >= 0.3 is 0 Å². The van der Waals surface area contributed by atoms with Gasteiger partial charge in [0.2, 0.25) is 0 Å². The molecule has 0 aliphatic rings. The lowest BCUT2D eigenvalue weighted by atomic mass is 10.3. The average Bonchev–Trinajstić information content (AvgIpc) is 2.63. The van der Waals surface area contributed by atoms with Crippen molar-refractivity contribution in [2.75, 3.05) is 14.2 Å². The third kappa shape index (κ3) is 1.41. The Morgan fingerprint density at radius 2 is 2.31 bits per heavy atom. The van der Waals surface area contributed by atoms with Gasteiger partial charge < -0.3 is 10.1 Å². The molecule has 0 atom stereocenters. The van der Waals surface area contributed by atoms with E-state index in [2.05, 4.69) is 10.3 Å². The van der Waals surface area contributed by atoms with Crippen LogP contribution in [0.4, 0.5) is 0 Å². The highest BCUT2D eigenvalue weighted by atomic mass is 16.5. The second kappa shape index (κ2) is 3.84. The Kier molecular flexibility index (Phi) is 2.52. The van der Waals surface area contributed by atoms with E-state index in [1.165, 1.54) is 0 Å². The van der Waals surface area contributed by atoms with Crippen molar-refractivity contribution >= 4 is 11.6 Å². The predicted octanol–water partition coefficient (Wildman–Crippen LogP) is 1.01. The molecule has 2 aromatic heterocycles. The highest BCUT2D eigenvalue weighted by molar-refractivity contribution is 5.94. The number of aromatic nitrogens is 2. The molecule has 16 heavy (non-hydrogen) atoms. The van der Waals surface area contributed by atoms with E-state index in [9.17, 15) is 4.79 Å². The summed E-state index contributed by atoms with van der Waals surface area (Å²) in [5.41, 5.74) is 1.88. The van der Waals surface area contributed by atoms with Crippen molar-refractivity contribution in [3.05, 3.63) is 29.7 Å². The van der Waals surface area contributed by atoms with Crippen LogP contribution >= 0.6 is 0 Å². The van der Waals surface area contributed by atoms with Crippen LogP contribution in [-0.4, -0.2) is 29.4 Å². The Hall–Kier alpha value is -2.04. The molecule has 2 heterocycles. The minimum absolute atomic E-state index is 0.154. The van der Waals surface area contributed by atoms with E-state index >= 15 is 0 Å². The number of aryl methyl sites for hydroxylation is 1. The number of methoxy groups -OCH3 is 1. The maximum absolute atomic E-state index is 11.7. The van der Waals surface area contributed by atoms with Gasteiger partial charge in [-0.2, -0.15) is 0 Å². The van der Waals surface area contributed by atoms with E-state index in [1.54, 1.807) is 31.7 Å². The fourth-order valence-electron chi connectivity index (χ4n) is 1.71. The summed E-state index contributed by atoms with van der Waals surface area (Å²) in [6.07, 6.45) is 1.79. The number of pyridine rings is 1. The van der Waals surface area contributed by atoms with Gasteiger partial charge in [0.25, 0.3) is 5.91 Å². The SMILES string of the molecule is CNC(=O)c1c(C)nc2c(OC)cccn12. The van der Waals surface area contributed by atoms with Gasteiger partial charge in [-0.1, -0.05) is 0 Å². The molecule has 0 radical (unpaired) electrons. The van der Waals surface area contributed by atoms with Crippen molar-refractivity contribution in [2.45, 2.75) is 6.92 Å². The van der Waals surface area contributed by atoms with Gasteiger partial charge in [-0.25, -0.2) is 4.98 Å². The molecule has 0 fully saturated rings. The molecule has 0 saturated heterocycles. The normalized spacial score (nSPS) is 10.4. The summed E-state index contributed by atoms with van der Waals surface area (Å²) in [7, 11) is 3.18. The molecule has 0 aliphatic heterocycles. The van der Waals surface area contributed by atoms with Crippen LogP contribution in [0, 0.1) is 6.92 Å². The Morgan fingerprint density at radius 3 is 2.94 bits per heavy atom. The van der Waals surface area contributed by atoms with E-state index in [0.717, 1.165) is 0 Å². The van der Waals surface area contributed by atoms with E-state index in [1.807, 2.05) is 12.1 Å². The predicted molar refractivity (Wildman–Crippen MR) is 59.9 cm³/mol. The summed E-state index contributed by atoms with van der Waals surface area (Å²) in [5, 5.41) is 2.60. The highest BCUT2D eigenvalue weighted by Gasteiger charge is 2.16. The number of imidazole rings is 1. The Balaban J connectivity index is 2.76. The maximum Gasteiger partial charge on any atom is 0.269 e. The molecular formula is C11H13N3O2. The first-order valence-electron chi connectivity index (χ1n) is 4.92. The van der Waals surface area contributed by atoms with Gasteiger partial charge in [0.05, 0.1) is 12.8 Å². The molecule has 1 amide bonds. The number of hydrogen-bond acceptors (Lipinski definition) is 3. The van der Waals surface area contributed by atoms with Crippen molar-refractivity contribution in [1.29, 1.82) is 0 Å². The van der Waals surface area contributed by atoms with Crippen LogP contribution in [0.25, 0.3) is 5.65 Å². The van der Waals surface area contributed by atoms with Crippen molar-refractivity contribution in [3.63, 3.8) is 0 Å². The lowest BCUT2D eigenvalue weighted by Crippen LogP contribution is -2.20. The molecule has 2 rings (SSSR count). The Labute approximate surface area is 93.1 Å². The van der Waals surface area contributed by atoms with Gasteiger partial charge in [-0.3, -0.25) is 9.20 Å². The molecule has 5 nitrogen and oxygen atoms in total. The summed E-state index contributed by atoms with van der Waals surface area (Å²) in [6.45, 7) is 1.80.